The van der Waals surface area contributed by atoms with E-state index in [4.69, 9.17) is 0 Å². The van der Waals surface area contributed by atoms with E-state index in [1.807, 2.05) is 0 Å². The Morgan fingerprint density at radius 2 is 2.14 bits per heavy atom. The van der Waals surface area contributed by atoms with Crippen LogP contribution in [0.4, 0.5) is 0 Å². The molecule has 1 heterocycles. The predicted octanol–water partition coefficient (Wildman–Crippen LogP) is 3.05. The van der Waals surface area contributed by atoms with E-state index in [-0.39, 0.29) is 0 Å². The highest BCUT2D eigenvalue weighted by molar-refractivity contribution is 5.01. The molecule has 1 atom stereocenters. The Labute approximate surface area is 88.9 Å². The van der Waals surface area contributed by atoms with Crippen molar-refractivity contribution in [3.8, 4) is 11.8 Å². The third-order valence-electron chi connectivity index (χ3n) is 3.00. The summed E-state index contributed by atoms with van der Waals surface area (Å²) in [5.41, 5.74) is 0. The minimum absolute atomic E-state index is 0.754. The van der Waals surface area contributed by atoms with Crippen LogP contribution < -0.4 is 0 Å². The third-order valence-corrected chi connectivity index (χ3v) is 3.00. The molecule has 1 nitrogen and oxygen atoms in total. The second-order valence-electron chi connectivity index (χ2n) is 4.27. The Morgan fingerprint density at radius 3 is 2.86 bits per heavy atom. The molecule has 1 rings (SSSR count). The molecule has 0 spiro atoms. The molecular weight excluding hydrogens is 170 g/mol. The van der Waals surface area contributed by atoms with Gasteiger partial charge in [0.1, 0.15) is 0 Å². The van der Waals surface area contributed by atoms with Gasteiger partial charge in [0, 0.05) is 12.5 Å². The van der Waals surface area contributed by atoms with Crippen molar-refractivity contribution in [1.29, 1.82) is 0 Å². The maximum Gasteiger partial charge on any atom is 0.0603 e. The number of nitrogens with zero attached hydrogens (tertiary/aromatic N) is 1. The lowest BCUT2D eigenvalue weighted by atomic mass is 10.0. The van der Waals surface area contributed by atoms with Gasteiger partial charge in [-0.1, -0.05) is 25.7 Å². The van der Waals surface area contributed by atoms with E-state index in [0.717, 1.165) is 19.0 Å². The number of hydrogen-bond donors (Lipinski definition) is 0. The second-order valence-corrected chi connectivity index (χ2v) is 4.27. The summed E-state index contributed by atoms with van der Waals surface area (Å²) in [7, 11) is 0. The lowest BCUT2D eigenvalue weighted by Gasteiger charge is -2.31. The molecule has 1 saturated heterocycles. The molecule has 1 unspecified atom stereocenters. The molecule has 1 heteroatoms. The monoisotopic (exact) mass is 193 g/mol. The van der Waals surface area contributed by atoms with Crippen molar-refractivity contribution in [2.24, 2.45) is 0 Å². The molecule has 1 aliphatic heterocycles. The van der Waals surface area contributed by atoms with Crippen LogP contribution in [0.1, 0.15) is 52.4 Å². The smallest absolute Gasteiger partial charge is 0.0603 e. The molecule has 0 aromatic heterocycles. The van der Waals surface area contributed by atoms with E-state index < -0.39 is 0 Å². The van der Waals surface area contributed by atoms with Gasteiger partial charge in [0.05, 0.1) is 6.54 Å². The Balaban J connectivity index is 2.17. The lowest BCUT2D eigenvalue weighted by Crippen LogP contribution is -2.37. The van der Waals surface area contributed by atoms with E-state index in [1.54, 1.807) is 0 Å². The molecule has 0 saturated carbocycles. The standard InChI is InChI=1S/C13H23N/c1-3-4-5-6-8-11-14-12-9-7-10-13(14)2/h13H,3-5,7,9-12H2,1-2H3. The van der Waals surface area contributed by atoms with Crippen molar-refractivity contribution in [2.45, 2.75) is 58.4 Å². The summed E-state index contributed by atoms with van der Waals surface area (Å²) >= 11 is 0. The zero-order valence-corrected chi connectivity index (χ0v) is 9.68. The average molecular weight is 193 g/mol. The van der Waals surface area contributed by atoms with Crippen LogP contribution in [0.25, 0.3) is 0 Å². The maximum atomic E-state index is 3.30. The first kappa shape index (κ1) is 11.6. The minimum atomic E-state index is 0.754. The van der Waals surface area contributed by atoms with Crippen molar-refractivity contribution in [3.63, 3.8) is 0 Å². The minimum Gasteiger partial charge on any atom is -0.290 e. The van der Waals surface area contributed by atoms with Crippen molar-refractivity contribution >= 4 is 0 Å². The molecule has 0 N–H and O–H groups in total. The summed E-state index contributed by atoms with van der Waals surface area (Å²) in [6.45, 7) is 6.79. The van der Waals surface area contributed by atoms with Gasteiger partial charge in [0.25, 0.3) is 0 Å². The summed E-state index contributed by atoms with van der Waals surface area (Å²) < 4.78 is 0. The molecule has 0 aromatic carbocycles. The Bertz CT molecular complexity index is 199. The summed E-state index contributed by atoms with van der Waals surface area (Å²) in [5.74, 6) is 6.56. The van der Waals surface area contributed by atoms with Gasteiger partial charge in [-0.25, -0.2) is 0 Å². The highest BCUT2D eigenvalue weighted by Gasteiger charge is 2.16. The summed E-state index contributed by atoms with van der Waals surface area (Å²) in [6.07, 6.45) is 7.72. The van der Waals surface area contributed by atoms with E-state index in [9.17, 15) is 0 Å². The van der Waals surface area contributed by atoms with Crippen LogP contribution in [0.3, 0.4) is 0 Å². The van der Waals surface area contributed by atoms with E-state index in [0.29, 0.717) is 0 Å². The fourth-order valence-corrected chi connectivity index (χ4v) is 1.90. The normalized spacial score (nSPS) is 22.9. The second kappa shape index (κ2) is 6.90. The molecule has 1 aliphatic rings. The van der Waals surface area contributed by atoms with Crippen LogP contribution in [0.2, 0.25) is 0 Å². The molecule has 14 heavy (non-hydrogen) atoms. The third kappa shape index (κ3) is 4.15. The highest BCUT2D eigenvalue weighted by Crippen LogP contribution is 2.15. The topological polar surface area (TPSA) is 3.24 Å². The van der Waals surface area contributed by atoms with Crippen LogP contribution in [-0.2, 0) is 0 Å². The Kier molecular flexibility index (Phi) is 5.71. The molecule has 80 valence electrons. The largest absolute Gasteiger partial charge is 0.290 e. The zero-order chi connectivity index (χ0) is 10.2. The van der Waals surface area contributed by atoms with Crippen LogP contribution in [0.5, 0.6) is 0 Å². The Hall–Kier alpha value is -0.480. The summed E-state index contributed by atoms with van der Waals surface area (Å²) in [4.78, 5) is 2.52. The number of unbranched alkanes of at least 4 members (excludes halogenated alkanes) is 2. The molecule has 0 aromatic rings. The number of piperidine rings is 1. The summed E-state index contributed by atoms with van der Waals surface area (Å²) in [6, 6.07) is 0.754. The highest BCUT2D eigenvalue weighted by atomic mass is 15.1. The van der Waals surface area contributed by atoms with Gasteiger partial charge in [-0.05, 0) is 32.7 Å². The number of rotatable bonds is 3. The summed E-state index contributed by atoms with van der Waals surface area (Å²) in [5, 5.41) is 0. The fraction of sp³-hybridized carbons (Fsp3) is 0.846. The van der Waals surface area contributed by atoms with E-state index in [2.05, 4.69) is 30.6 Å². The van der Waals surface area contributed by atoms with Gasteiger partial charge in [0.15, 0.2) is 0 Å². The molecule has 0 amide bonds. The zero-order valence-electron chi connectivity index (χ0n) is 9.68. The number of hydrogen-bond acceptors (Lipinski definition) is 1. The Morgan fingerprint density at radius 1 is 1.29 bits per heavy atom. The fourth-order valence-electron chi connectivity index (χ4n) is 1.90. The quantitative estimate of drug-likeness (QED) is 0.492. The van der Waals surface area contributed by atoms with Crippen molar-refractivity contribution in [1.82, 2.24) is 4.90 Å². The van der Waals surface area contributed by atoms with Gasteiger partial charge < -0.3 is 0 Å². The van der Waals surface area contributed by atoms with Gasteiger partial charge >= 0.3 is 0 Å². The van der Waals surface area contributed by atoms with Crippen LogP contribution in [-0.4, -0.2) is 24.0 Å². The van der Waals surface area contributed by atoms with E-state index in [1.165, 1.54) is 38.6 Å². The lowest BCUT2D eigenvalue weighted by molar-refractivity contribution is 0.182. The van der Waals surface area contributed by atoms with E-state index >= 15 is 0 Å². The predicted molar refractivity (Wildman–Crippen MR) is 62.2 cm³/mol. The molecule has 0 aliphatic carbocycles. The SMILES string of the molecule is CCCCC#CCN1CCCCC1C. The number of likely N-dealkylation sites (tertiary alicyclic amines) is 1. The molecule has 0 radical (unpaired) electrons. The maximum absolute atomic E-state index is 3.30. The van der Waals surface area contributed by atoms with Gasteiger partial charge in [0.2, 0.25) is 0 Å². The van der Waals surface area contributed by atoms with Crippen molar-refractivity contribution in [2.75, 3.05) is 13.1 Å². The molecule has 1 fully saturated rings. The van der Waals surface area contributed by atoms with Crippen molar-refractivity contribution in [3.05, 3.63) is 0 Å². The molecular formula is C13H23N. The van der Waals surface area contributed by atoms with Crippen LogP contribution in [0.15, 0.2) is 0 Å². The van der Waals surface area contributed by atoms with Crippen molar-refractivity contribution < 1.29 is 0 Å². The van der Waals surface area contributed by atoms with Crippen LogP contribution >= 0.6 is 0 Å². The van der Waals surface area contributed by atoms with Gasteiger partial charge in [-0.2, -0.15) is 0 Å². The first-order valence-electron chi connectivity index (χ1n) is 6.04. The first-order chi connectivity index (χ1) is 6.84. The van der Waals surface area contributed by atoms with Gasteiger partial charge in [-0.15, -0.1) is 5.92 Å². The van der Waals surface area contributed by atoms with Crippen LogP contribution in [0, 0.1) is 11.8 Å². The average Bonchev–Trinajstić information content (AvgIpc) is 2.20. The first-order valence-corrected chi connectivity index (χ1v) is 6.04. The molecule has 0 bridgehead atoms. The van der Waals surface area contributed by atoms with Gasteiger partial charge in [-0.3, -0.25) is 4.90 Å².